The number of hydrogen-bond acceptors (Lipinski definition) is 6. The van der Waals surface area contributed by atoms with Crippen molar-refractivity contribution in [2.24, 2.45) is 0 Å². The maximum atomic E-state index is 12.3. The molecule has 24 heavy (non-hydrogen) atoms. The second-order valence-electron chi connectivity index (χ2n) is 5.19. The van der Waals surface area contributed by atoms with Crippen LogP contribution in [-0.4, -0.2) is 39.8 Å². The summed E-state index contributed by atoms with van der Waals surface area (Å²) in [5.41, 5.74) is 0.685. The fraction of sp³-hybridized carbons (Fsp3) is 0.312. The zero-order chi connectivity index (χ0) is 17.9. The van der Waals surface area contributed by atoms with Gasteiger partial charge in [0, 0.05) is 0 Å². The van der Waals surface area contributed by atoms with Crippen molar-refractivity contribution in [3.05, 3.63) is 32.2 Å². The van der Waals surface area contributed by atoms with Crippen LogP contribution < -0.4 is 0 Å². The molecule has 1 aromatic rings. The minimum Gasteiger partial charge on any atom is -0.507 e. The fourth-order valence-electron chi connectivity index (χ4n) is 1.87. The van der Waals surface area contributed by atoms with Crippen molar-refractivity contribution in [3.8, 4) is 5.75 Å². The Morgan fingerprint density at radius 1 is 1.46 bits per heavy atom. The van der Waals surface area contributed by atoms with Crippen LogP contribution in [0, 0.1) is 3.57 Å². The predicted octanol–water partition coefficient (Wildman–Crippen LogP) is 3.37. The van der Waals surface area contributed by atoms with E-state index in [-0.39, 0.29) is 23.3 Å². The predicted molar refractivity (Wildman–Crippen MR) is 99.3 cm³/mol. The second kappa shape index (κ2) is 8.02. The monoisotopic (exact) mass is 461 g/mol. The largest absolute Gasteiger partial charge is 0.507 e. The van der Waals surface area contributed by atoms with Gasteiger partial charge in [0.25, 0.3) is 11.1 Å². The Balaban J connectivity index is 2.11. The number of carbonyl (C=O) groups is 3. The first-order chi connectivity index (χ1) is 11.3. The first kappa shape index (κ1) is 18.8. The third kappa shape index (κ3) is 4.50. The van der Waals surface area contributed by atoms with Crippen LogP contribution in [0.5, 0.6) is 5.75 Å². The summed E-state index contributed by atoms with van der Waals surface area (Å²) < 4.78 is 5.73. The number of nitrogens with zero attached hydrogens (tertiary/aromatic N) is 1. The lowest BCUT2D eigenvalue weighted by Gasteiger charge is -2.14. The molecule has 1 heterocycles. The van der Waals surface area contributed by atoms with E-state index in [2.05, 4.69) is 0 Å². The second-order valence-corrected chi connectivity index (χ2v) is 7.34. The van der Waals surface area contributed by atoms with E-state index in [9.17, 15) is 19.5 Å². The molecular weight excluding hydrogens is 445 g/mol. The Morgan fingerprint density at radius 2 is 2.17 bits per heavy atom. The third-order valence-electron chi connectivity index (χ3n) is 3.34. The zero-order valence-corrected chi connectivity index (χ0v) is 16.1. The molecule has 1 aliphatic rings. The van der Waals surface area contributed by atoms with E-state index < -0.39 is 17.1 Å². The number of hydrogen-bond donors (Lipinski definition) is 1. The first-order valence-electron chi connectivity index (χ1n) is 7.25. The number of phenolic OH excluding ortho intramolecular Hbond substituents is 1. The number of aromatic hydroxyl groups is 1. The van der Waals surface area contributed by atoms with E-state index >= 15 is 0 Å². The minimum absolute atomic E-state index is 0.147. The van der Waals surface area contributed by atoms with Crippen LogP contribution in [0.4, 0.5) is 4.79 Å². The maximum Gasteiger partial charge on any atom is 0.326 e. The number of imide groups is 1. The summed E-state index contributed by atoms with van der Waals surface area (Å²) in [6, 6.07) is 4.85. The number of carbonyl (C=O) groups excluding carboxylic acids is 3. The number of amides is 2. The fourth-order valence-corrected chi connectivity index (χ4v) is 3.25. The summed E-state index contributed by atoms with van der Waals surface area (Å²) in [5, 5.41) is 9.02. The lowest BCUT2D eigenvalue weighted by Crippen LogP contribution is -2.35. The van der Waals surface area contributed by atoms with Crippen molar-refractivity contribution in [3.63, 3.8) is 0 Å². The van der Waals surface area contributed by atoms with Gasteiger partial charge in [-0.05, 0) is 71.5 Å². The van der Waals surface area contributed by atoms with Crippen LogP contribution in [0.2, 0.25) is 0 Å². The Hall–Kier alpha value is -1.55. The first-order valence-corrected chi connectivity index (χ1v) is 9.14. The van der Waals surface area contributed by atoms with E-state index in [0.717, 1.165) is 16.7 Å². The number of rotatable bonds is 5. The molecule has 0 unspecified atom stereocenters. The van der Waals surface area contributed by atoms with Crippen LogP contribution in [0.25, 0.3) is 6.08 Å². The lowest BCUT2D eigenvalue weighted by molar-refractivity contribution is -0.150. The van der Waals surface area contributed by atoms with Gasteiger partial charge in [-0.15, -0.1) is 0 Å². The highest BCUT2D eigenvalue weighted by Gasteiger charge is 2.36. The van der Waals surface area contributed by atoms with Gasteiger partial charge in [0.15, 0.2) is 0 Å². The van der Waals surface area contributed by atoms with Crippen molar-refractivity contribution >= 4 is 57.5 Å². The van der Waals surface area contributed by atoms with Crippen LogP contribution in [-0.2, 0) is 14.3 Å². The molecule has 6 nitrogen and oxygen atoms in total. The molecule has 0 bridgehead atoms. The molecule has 0 radical (unpaired) electrons. The standard InChI is InChI=1S/C16H16INO5S/c1-3-9(2)23-14(20)8-18-15(21)13(24-16(18)22)7-10-4-5-12(19)11(17)6-10/h4-7,9,19H,3,8H2,1-2H3/b13-7-/t9-/m1/s1. The molecule has 1 fully saturated rings. The van der Waals surface area contributed by atoms with Gasteiger partial charge in [-0.25, -0.2) is 0 Å². The molecule has 1 aromatic carbocycles. The molecule has 2 amide bonds. The highest BCUT2D eigenvalue weighted by atomic mass is 127. The Kier molecular flexibility index (Phi) is 6.27. The summed E-state index contributed by atoms with van der Waals surface area (Å²) in [5.74, 6) is -0.977. The van der Waals surface area contributed by atoms with Crippen molar-refractivity contribution in [1.82, 2.24) is 4.90 Å². The smallest absolute Gasteiger partial charge is 0.326 e. The third-order valence-corrected chi connectivity index (χ3v) is 5.11. The van der Waals surface area contributed by atoms with Gasteiger partial charge in [0.2, 0.25) is 0 Å². The Bertz CT molecular complexity index is 718. The molecule has 8 heteroatoms. The zero-order valence-electron chi connectivity index (χ0n) is 13.1. The van der Waals surface area contributed by atoms with E-state index in [0.29, 0.717) is 15.6 Å². The van der Waals surface area contributed by atoms with E-state index in [4.69, 9.17) is 4.74 Å². The number of esters is 1. The van der Waals surface area contributed by atoms with Crippen LogP contribution in [0.1, 0.15) is 25.8 Å². The van der Waals surface area contributed by atoms with Crippen molar-refractivity contribution in [2.45, 2.75) is 26.4 Å². The SMILES string of the molecule is CC[C@@H](C)OC(=O)CN1C(=O)S/C(=C\c2ccc(O)c(I)c2)C1=O. The quantitative estimate of drug-likeness (QED) is 0.411. The number of thioether (sulfide) groups is 1. The normalized spacial score (nSPS) is 17.5. The van der Waals surface area contributed by atoms with Gasteiger partial charge >= 0.3 is 5.97 Å². The Labute approximate surface area is 157 Å². The van der Waals surface area contributed by atoms with E-state index in [1.807, 2.05) is 29.5 Å². The molecule has 2 rings (SSSR count). The Morgan fingerprint density at radius 3 is 2.79 bits per heavy atom. The summed E-state index contributed by atoms with van der Waals surface area (Å²) in [6.07, 6.45) is 1.96. The van der Waals surface area contributed by atoms with Gasteiger partial charge in [-0.3, -0.25) is 19.3 Å². The number of phenols is 1. The highest BCUT2D eigenvalue weighted by Crippen LogP contribution is 2.33. The topological polar surface area (TPSA) is 83.9 Å². The van der Waals surface area contributed by atoms with E-state index in [1.54, 1.807) is 25.1 Å². The molecule has 128 valence electrons. The lowest BCUT2D eigenvalue weighted by atomic mass is 10.2. The van der Waals surface area contributed by atoms with Gasteiger partial charge in [0.05, 0.1) is 14.6 Å². The average molecular weight is 461 g/mol. The van der Waals surface area contributed by atoms with Gasteiger partial charge in [-0.2, -0.15) is 0 Å². The highest BCUT2D eigenvalue weighted by molar-refractivity contribution is 14.1. The molecule has 0 saturated carbocycles. The molecule has 0 aromatic heterocycles. The molecule has 0 aliphatic carbocycles. The summed E-state index contributed by atoms with van der Waals surface area (Å²) in [6.45, 7) is 3.23. The molecular formula is C16H16INO5S. The van der Waals surface area contributed by atoms with Crippen molar-refractivity contribution in [1.29, 1.82) is 0 Å². The van der Waals surface area contributed by atoms with Gasteiger partial charge in [0.1, 0.15) is 12.3 Å². The summed E-state index contributed by atoms with van der Waals surface area (Å²) >= 11 is 2.75. The number of benzene rings is 1. The summed E-state index contributed by atoms with van der Waals surface area (Å²) in [4.78, 5) is 37.2. The minimum atomic E-state index is -0.605. The van der Waals surface area contributed by atoms with Crippen LogP contribution >= 0.6 is 34.4 Å². The average Bonchev–Trinajstić information content (AvgIpc) is 2.78. The van der Waals surface area contributed by atoms with Crippen LogP contribution in [0.15, 0.2) is 23.1 Å². The number of ether oxygens (including phenoxy) is 1. The van der Waals surface area contributed by atoms with Crippen LogP contribution in [0.3, 0.4) is 0 Å². The summed E-state index contributed by atoms with van der Waals surface area (Å²) in [7, 11) is 0. The van der Waals surface area contributed by atoms with E-state index in [1.165, 1.54) is 6.07 Å². The number of halogens is 1. The molecule has 1 atom stereocenters. The molecule has 1 saturated heterocycles. The van der Waals surface area contributed by atoms with Crippen molar-refractivity contribution < 1.29 is 24.2 Å². The van der Waals surface area contributed by atoms with Gasteiger partial charge < -0.3 is 9.84 Å². The molecule has 1 aliphatic heterocycles. The van der Waals surface area contributed by atoms with Crippen molar-refractivity contribution in [2.75, 3.05) is 6.54 Å². The molecule has 0 spiro atoms. The van der Waals surface area contributed by atoms with Gasteiger partial charge in [-0.1, -0.05) is 13.0 Å². The maximum absolute atomic E-state index is 12.3. The molecule has 1 N–H and O–H groups in total.